The number of nitrogens with zero attached hydrogens (tertiary/aromatic N) is 2. The second-order valence-electron chi connectivity index (χ2n) is 4.52. The predicted molar refractivity (Wildman–Crippen MR) is 62.1 cm³/mol. The largest absolute Gasteiger partial charge is 0.314 e. The Morgan fingerprint density at radius 1 is 1.60 bits per heavy atom. The minimum atomic E-state index is 0.670. The quantitative estimate of drug-likeness (QED) is 0.838. The zero-order chi connectivity index (χ0) is 10.8. The fourth-order valence-electron chi connectivity index (χ4n) is 2.17. The summed E-state index contributed by atoms with van der Waals surface area (Å²) in [6.07, 6.45) is 5.32. The van der Waals surface area contributed by atoms with Crippen LogP contribution in [0, 0.1) is 5.92 Å². The number of rotatable bonds is 2. The number of piperidine rings is 1. The van der Waals surface area contributed by atoms with Crippen molar-refractivity contribution in [3.63, 3.8) is 0 Å². The molecule has 2 heterocycles. The molecule has 1 fully saturated rings. The van der Waals surface area contributed by atoms with Crippen LogP contribution in [-0.2, 0) is 13.5 Å². The van der Waals surface area contributed by atoms with E-state index in [4.69, 9.17) is 11.6 Å². The summed E-state index contributed by atoms with van der Waals surface area (Å²) in [6.45, 7) is 3.34. The summed E-state index contributed by atoms with van der Waals surface area (Å²) < 4.78 is 1.89. The molecule has 0 bridgehead atoms. The van der Waals surface area contributed by atoms with Crippen LogP contribution in [0.4, 0.5) is 0 Å². The summed E-state index contributed by atoms with van der Waals surface area (Å²) in [7, 11) is 1.96. The highest BCUT2D eigenvalue weighted by Gasteiger charge is 2.20. The molecular weight excluding hydrogens is 210 g/mol. The van der Waals surface area contributed by atoms with Crippen LogP contribution in [0.3, 0.4) is 0 Å². The highest BCUT2D eigenvalue weighted by Crippen LogP contribution is 2.22. The van der Waals surface area contributed by atoms with E-state index in [1.165, 1.54) is 12.8 Å². The van der Waals surface area contributed by atoms with Crippen LogP contribution >= 0.6 is 11.6 Å². The van der Waals surface area contributed by atoms with E-state index in [1.807, 2.05) is 11.7 Å². The molecule has 1 saturated heterocycles. The third-order valence-electron chi connectivity index (χ3n) is 3.26. The smallest absolute Gasteiger partial charge is 0.0817 e. The lowest BCUT2D eigenvalue weighted by Crippen LogP contribution is -2.37. The van der Waals surface area contributed by atoms with Gasteiger partial charge in [0.05, 0.1) is 16.9 Å². The minimum Gasteiger partial charge on any atom is -0.314 e. The van der Waals surface area contributed by atoms with Crippen LogP contribution in [-0.4, -0.2) is 22.4 Å². The molecule has 1 aliphatic heterocycles. The Labute approximate surface area is 95.8 Å². The molecule has 1 aromatic heterocycles. The molecular formula is C11H18ClN3. The van der Waals surface area contributed by atoms with E-state index in [0.29, 0.717) is 12.0 Å². The van der Waals surface area contributed by atoms with Crippen molar-refractivity contribution in [2.75, 3.05) is 6.54 Å². The maximum atomic E-state index is 6.09. The zero-order valence-corrected chi connectivity index (χ0v) is 10.1. The topological polar surface area (TPSA) is 29.9 Å². The molecule has 1 N–H and O–H groups in total. The van der Waals surface area contributed by atoms with E-state index in [-0.39, 0.29) is 0 Å². The van der Waals surface area contributed by atoms with Gasteiger partial charge in [-0.2, -0.15) is 5.10 Å². The van der Waals surface area contributed by atoms with Crippen LogP contribution in [0.5, 0.6) is 0 Å². The van der Waals surface area contributed by atoms with Gasteiger partial charge in [0.25, 0.3) is 0 Å². The Morgan fingerprint density at radius 3 is 2.93 bits per heavy atom. The molecule has 0 radical (unpaired) electrons. The summed E-state index contributed by atoms with van der Waals surface area (Å²) in [6, 6.07) is 0.670. The van der Waals surface area contributed by atoms with E-state index < -0.39 is 0 Å². The Balaban J connectivity index is 1.97. The Kier molecular flexibility index (Phi) is 3.32. The standard InChI is InChI=1S/C11H18ClN3/c1-8-3-4-9(6-13-8)5-11-10(12)7-14-15(11)2/h7-9,13H,3-6H2,1-2H3. The summed E-state index contributed by atoms with van der Waals surface area (Å²) in [5, 5.41) is 8.47. The molecule has 1 aromatic rings. The second-order valence-corrected chi connectivity index (χ2v) is 4.93. The number of nitrogens with one attached hydrogen (secondary N) is 1. The molecule has 15 heavy (non-hydrogen) atoms. The Morgan fingerprint density at radius 2 is 2.40 bits per heavy atom. The third kappa shape index (κ3) is 2.52. The molecule has 2 rings (SSSR count). The summed E-state index contributed by atoms with van der Waals surface area (Å²) in [5.74, 6) is 0.703. The highest BCUT2D eigenvalue weighted by molar-refractivity contribution is 6.31. The fourth-order valence-corrected chi connectivity index (χ4v) is 2.41. The monoisotopic (exact) mass is 227 g/mol. The van der Waals surface area contributed by atoms with Crippen LogP contribution in [0.25, 0.3) is 0 Å². The van der Waals surface area contributed by atoms with Gasteiger partial charge in [0, 0.05) is 13.1 Å². The van der Waals surface area contributed by atoms with Crippen molar-refractivity contribution in [2.24, 2.45) is 13.0 Å². The number of hydrogen-bond acceptors (Lipinski definition) is 2. The van der Waals surface area contributed by atoms with Crippen molar-refractivity contribution in [2.45, 2.75) is 32.2 Å². The lowest BCUT2D eigenvalue weighted by molar-refractivity contribution is 0.318. The highest BCUT2D eigenvalue weighted by atomic mass is 35.5. The van der Waals surface area contributed by atoms with Crippen molar-refractivity contribution >= 4 is 11.6 Å². The van der Waals surface area contributed by atoms with E-state index >= 15 is 0 Å². The lowest BCUT2D eigenvalue weighted by atomic mass is 9.91. The number of hydrogen-bond donors (Lipinski definition) is 1. The first kappa shape index (κ1) is 11.0. The van der Waals surface area contributed by atoms with Gasteiger partial charge in [0.2, 0.25) is 0 Å². The fraction of sp³-hybridized carbons (Fsp3) is 0.727. The summed E-state index contributed by atoms with van der Waals surface area (Å²) in [5.41, 5.74) is 1.16. The van der Waals surface area contributed by atoms with Gasteiger partial charge >= 0.3 is 0 Å². The minimum absolute atomic E-state index is 0.670. The molecule has 0 aliphatic carbocycles. The average Bonchev–Trinajstić information content (AvgIpc) is 2.53. The van der Waals surface area contributed by atoms with Crippen LogP contribution in [0.1, 0.15) is 25.5 Å². The van der Waals surface area contributed by atoms with Crippen molar-refractivity contribution in [1.82, 2.24) is 15.1 Å². The second kappa shape index (κ2) is 4.54. The lowest BCUT2D eigenvalue weighted by Gasteiger charge is -2.27. The third-order valence-corrected chi connectivity index (χ3v) is 3.57. The van der Waals surface area contributed by atoms with Gasteiger partial charge in [-0.05, 0) is 38.6 Å². The maximum absolute atomic E-state index is 6.09. The Hall–Kier alpha value is -0.540. The molecule has 0 spiro atoms. The molecule has 0 aromatic carbocycles. The summed E-state index contributed by atoms with van der Waals surface area (Å²) >= 11 is 6.09. The van der Waals surface area contributed by atoms with Crippen molar-refractivity contribution in [3.8, 4) is 0 Å². The summed E-state index contributed by atoms with van der Waals surface area (Å²) in [4.78, 5) is 0. The molecule has 2 atom stereocenters. The molecule has 84 valence electrons. The molecule has 0 amide bonds. The van der Waals surface area contributed by atoms with Gasteiger partial charge in [0.15, 0.2) is 0 Å². The van der Waals surface area contributed by atoms with Crippen LogP contribution in [0.15, 0.2) is 6.20 Å². The zero-order valence-electron chi connectivity index (χ0n) is 9.33. The molecule has 4 heteroatoms. The molecule has 2 unspecified atom stereocenters. The van der Waals surface area contributed by atoms with Crippen LogP contribution < -0.4 is 5.32 Å². The molecule has 1 aliphatic rings. The van der Waals surface area contributed by atoms with E-state index in [0.717, 1.165) is 23.7 Å². The SMILES string of the molecule is CC1CCC(Cc2c(Cl)cnn2C)CN1. The van der Waals surface area contributed by atoms with Crippen molar-refractivity contribution in [1.29, 1.82) is 0 Å². The average molecular weight is 228 g/mol. The van der Waals surface area contributed by atoms with Gasteiger partial charge in [0.1, 0.15) is 0 Å². The van der Waals surface area contributed by atoms with Gasteiger partial charge in [-0.3, -0.25) is 4.68 Å². The van der Waals surface area contributed by atoms with Crippen molar-refractivity contribution < 1.29 is 0 Å². The van der Waals surface area contributed by atoms with E-state index in [9.17, 15) is 0 Å². The van der Waals surface area contributed by atoms with E-state index in [2.05, 4.69) is 17.3 Å². The van der Waals surface area contributed by atoms with Crippen molar-refractivity contribution in [3.05, 3.63) is 16.9 Å². The number of aryl methyl sites for hydroxylation is 1. The van der Waals surface area contributed by atoms with Gasteiger partial charge in [-0.1, -0.05) is 11.6 Å². The Bertz CT molecular complexity index is 307. The normalized spacial score (nSPS) is 26.9. The maximum Gasteiger partial charge on any atom is 0.0817 e. The first-order valence-electron chi connectivity index (χ1n) is 5.56. The van der Waals surface area contributed by atoms with Crippen LogP contribution in [0.2, 0.25) is 5.02 Å². The number of halogens is 1. The first-order valence-corrected chi connectivity index (χ1v) is 5.94. The van der Waals surface area contributed by atoms with Gasteiger partial charge < -0.3 is 5.32 Å². The number of aromatic nitrogens is 2. The molecule has 3 nitrogen and oxygen atoms in total. The van der Waals surface area contributed by atoms with Gasteiger partial charge in [-0.15, -0.1) is 0 Å². The molecule has 0 saturated carbocycles. The predicted octanol–water partition coefficient (Wildman–Crippen LogP) is 2.00. The van der Waals surface area contributed by atoms with Gasteiger partial charge in [-0.25, -0.2) is 0 Å². The van der Waals surface area contributed by atoms with E-state index in [1.54, 1.807) is 6.20 Å². The first-order chi connectivity index (χ1) is 7.16.